The van der Waals surface area contributed by atoms with Crippen molar-refractivity contribution in [3.8, 4) is 5.75 Å². The molecule has 0 fully saturated rings. The van der Waals surface area contributed by atoms with Crippen LogP contribution in [0.3, 0.4) is 0 Å². The molecule has 0 saturated carbocycles. The zero-order valence-corrected chi connectivity index (χ0v) is 23.4. The molecule has 3 rings (SSSR count). The normalized spacial score (nSPS) is 11.9. The fraction of sp³-hybridized carbons (Fsp3) is 0.310. The molecule has 0 unspecified atom stereocenters. The van der Waals surface area contributed by atoms with Crippen LogP contribution >= 0.6 is 0 Å². The van der Waals surface area contributed by atoms with Gasteiger partial charge in [0.25, 0.3) is 10.0 Å². The summed E-state index contributed by atoms with van der Waals surface area (Å²) in [6.45, 7) is 5.25. The fourth-order valence-electron chi connectivity index (χ4n) is 4.11. The molecule has 10 heteroatoms. The number of nitrogens with zero attached hydrogens (tertiary/aromatic N) is 2. The standard InChI is InChI=1S/C29H34FN3O5S/c1-5-27(29(35)31-6-2)32(19-22-9-11-23(30)12-10-22)28(34)20-33(24-13-7-21(3)8-14-24)39(36,37)26-17-15-25(38-4)16-18-26/h7-18,27H,5-6,19-20H2,1-4H3,(H,31,35)/t27-/m0/s1. The largest absolute Gasteiger partial charge is 0.497 e. The first-order chi connectivity index (χ1) is 18.6. The minimum absolute atomic E-state index is 0.000917. The Morgan fingerprint density at radius 3 is 2.10 bits per heavy atom. The lowest BCUT2D eigenvalue weighted by Crippen LogP contribution is -2.52. The lowest BCUT2D eigenvalue weighted by Gasteiger charge is -2.33. The molecule has 0 aliphatic carbocycles. The third-order valence-electron chi connectivity index (χ3n) is 6.25. The van der Waals surface area contributed by atoms with Crippen LogP contribution in [0.1, 0.15) is 31.4 Å². The van der Waals surface area contributed by atoms with Crippen molar-refractivity contribution in [2.24, 2.45) is 0 Å². The van der Waals surface area contributed by atoms with E-state index >= 15 is 0 Å². The number of sulfonamides is 1. The Balaban J connectivity index is 2.04. The SMILES string of the molecule is CCNC(=O)[C@H](CC)N(Cc1ccc(F)cc1)C(=O)CN(c1ccc(C)cc1)S(=O)(=O)c1ccc(OC)cc1. The van der Waals surface area contributed by atoms with E-state index in [9.17, 15) is 22.4 Å². The van der Waals surface area contributed by atoms with E-state index in [2.05, 4.69) is 5.32 Å². The molecule has 3 aromatic rings. The number of carbonyl (C=O) groups is 2. The van der Waals surface area contributed by atoms with Crippen LogP contribution in [-0.2, 0) is 26.2 Å². The number of anilines is 1. The molecule has 1 atom stereocenters. The van der Waals surface area contributed by atoms with Gasteiger partial charge in [-0.1, -0.05) is 36.8 Å². The highest BCUT2D eigenvalue weighted by molar-refractivity contribution is 7.92. The second kappa shape index (κ2) is 13.2. The van der Waals surface area contributed by atoms with E-state index in [1.807, 2.05) is 6.92 Å². The van der Waals surface area contributed by atoms with Crippen LogP contribution < -0.4 is 14.4 Å². The number of rotatable bonds is 12. The Labute approximate surface area is 229 Å². The van der Waals surface area contributed by atoms with Crippen molar-refractivity contribution in [2.75, 3.05) is 24.5 Å². The summed E-state index contributed by atoms with van der Waals surface area (Å²) in [5.74, 6) is -0.862. The Morgan fingerprint density at radius 1 is 0.949 bits per heavy atom. The molecule has 0 spiro atoms. The molecule has 0 aromatic heterocycles. The number of aryl methyl sites for hydroxylation is 1. The van der Waals surface area contributed by atoms with Gasteiger partial charge < -0.3 is 15.0 Å². The van der Waals surface area contributed by atoms with Crippen LogP contribution in [-0.4, -0.2) is 51.4 Å². The van der Waals surface area contributed by atoms with Crippen molar-refractivity contribution in [1.82, 2.24) is 10.2 Å². The number of halogens is 1. The summed E-state index contributed by atoms with van der Waals surface area (Å²) in [4.78, 5) is 28.2. The van der Waals surface area contributed by atoms with Gasteiger partial charge in [-0.3, -0.25) is 13.9 Å². The molecule has 0 bridgehead atoms. The van der Waals surface area contributed by atoms with Crippen molar-refractivity contribution < 1.29 is 27.1 Å². The molecule has 8 nitrogen and oxygen atoms in total. The molecule has 208 valence electrons. The fourth-order valence-corrected chi connectivity index (χ4v) is 5.53. The van der Waals surface area contributed by atoms with Crippen LogP contribution in [0.4, 0.5) is 10.1 Å². The second-order valence-corrected chi connectivity index (χ2v) is 10.9. The predicted molar refractivity (Wildman–Crippen MR) is 148 cm³/mol. The number of methoxy groups -OCH3 is 1. The van der Waals surface area contributed by atoms with Gasteiger partial charge in [0.2, 0.25) is 11.8 Å². The van der Waals surface area contributed by atoms with Crippen molar-refractivity contribution in [1.29, 1.82) is 0 Å². The summed E-state index contributed by atoms with van der Waals surface area (Å²) >= 11 is 0. The topological polar surface area (TPSA) is 96.0 Å². The van der Waals surface area contributed by atoms with Crippen molar-refractivity contribution >= 4 is 27.5 Å². The second-order valence-electron chi connectivity index (χ2n) is 8.99. The maximum Gasteiger partial charge on any atom is 0.264 e. The number of carbonyl (C=O) groups excluding carboxylic acids is 2. The monoisotopic (exact) mass is 555 g/mol. The summed E-state index contributed by atoms with van der Waals surface area (Å²) in [6, 6.07) is 17.4. The lowest BCUT2D eigenvalue weighted by atomic mass is 10.1. The minimum atomic E-state index is -4.18. The summed E-state index contributed by atoms with van der Waals surface area (Å²) in [5, 5.41) is 2.75. The summed E-state index contributed by atoms with van der Waals surface area (Å²) in [5.41, 5.74) is 1.83. The van der Waals surface area contributed by atoms with E-state index in [4.69, 9.17) is 4.74 Å². The van der Waals surface area contributed by atoms with Gasteiger partial charge >= 0.3 is 0 Å². The lowest BCUT2D eigenvalue weighted by molar-refractivity contribution is -0.140. The summed E-state index contributed by atoms with van der Waals surface area (Å²) in [7, 11) is -2.70. The molecular formula is C29H34FN3O5S. The number of hydrogen-bond acceptors (Lipinski definition) is 5. The van der Waals surface area contributed by atoms with E-state index < -0.39 is 34.3 Å². The van der Waals surface area contributed by atoms with Crippen molar-refractivity contribution in [2.45, 2.75) is 44.7 Å². The number of hydrogen-bond donors (Lipinski definition) is 1. The Hall–Kier alpha value is -3.92. The van der Waals surface area contributed by atoms with Gasteiger partial charge in [0.15, 0.2) is 0 Å². The minimum Gasteiger partial charge on any atom is -0.497 e. The van der Waals surface area contributed by atoms with Crippen LogP contribution in [0.15, 0.2) is 77.7 Å². The van der Waals surface area contributed by atoms with Crippen molar-refractivity contribution in [3.63, 3.8) is 0 Å². The average molecular weight is 556 g/mol. The average Bonchev–Trinajstić information content (AvgIpc) is 2.93. The zero-order valence-electron chi connectivity index (χ0n) is 22.6. The van der Waals surface area contributed by atoms with Gasteiger partial charge in [-0.25, -0.2) is 12.8 Å². The van der Waals surface area contributed by atoms with E-state index in [0.29, 0.717) is 30.0 Å². The molecule has 0 heterocycles. The smallest absolute Gasteiger partial charge is 0.264 e. The van der Waals surface area contributed by atoms with Crippen LogP contribution in [0.2, 0.25) is 0 Å². The van der Waals surface area contributed by atoms with E-state index in [1.165, 1.54) is 60.5 Å². The molecule has 0 saturated heterocycles. The van der Waals surface area contributed by atoms with Crippen molar-refractivity contribution in [3.05, 3.63) is 89.7 Å². The molecule has 39 heavy (non-hydrogen) atoms. The number of ether oxygens (including phenoxy) is 1. The van der Waals surface area contributed by atoms with Crippen LogP contribution in [0.25, 0.3) is 0 Å². The Bertz CT molecular complexity index is 1360. The quantitative estimate of drug-likeness (QED) is 0.360. The van der Waals surface area contributed by atoms with Gasteiger partial charge in [-0.15, -0.1) is 0 Å². The third-order valence-corrected chi connectivity index (χ3v) is 8.04. The van der Waals surface area contributed by atoms with E-state index in [-0.39, 0.29) is 17.3 Å². The molecule has 0 aliphatic heterocycles. The highest BCUT2D eigenvalue weighted by Crippen LogP contribution is 2.26. The Kier molecular flexibility index (Phi) is 10.1. The summed E-state index contributed by atoms with van der Waals surface area (Å²) < 4.78 is 47.4. The number of benzene rings is 3. The molecule has 1 N–H and O–H groups in total. The van der Waals surface area contributed by atoms with Gasteiger partial charge in [-0.05, 0) is 74.4 Å². The van der Waals surface area contributed by atoms with Crippen LogP contribution in [0, 0.1) is 12.7 Å². The molecule has 0 radical (unpaired) electrons. The molecule has 2 amide bonds. The first-order valence-electron chi connectivity index (χ1n) is 12.7. The van der Waals surface area contributed by atoms with Gasteiger partial charge in [0, 0.05) is 13.1 Å². The Morgan fingerprint density at radius 2 is 1.56 bits per heavy atom. The van der Waals surface area contributed by atoms with E-state index in [0.717, 1.165) is 9.87 Å². The first kappa shape index (κ1) is 29.6. The van der Waals surface area contributed by atoms with E-state index in [1.54, 1.807) is 38.1 Å². The highest BCUT2D eigenvalue weighted by Gasteiger charge is 2.33. The predicted octanol–water partition coefficient (Wildman–Crippen LogP) is 4.28. The van der Waals surface area contributed by atoms with Gasteiger partial charge in [0.05, 0.1) is 17.7 Å². The number of amides is 2. The maximum atomic E-state index is 13.9. The molecule has 0 aliphatic rings. The van der Waals surface area contributed by atoms with Gasteiger partial charge in [0.1, 0.15) is 24.2 Å². The third kappa shape index (κ3) is 7.35. The van der Waals surface area contributed by atoms with Gasteiger partial charge in [-0.2, -0.15) is 0 Å². The molecular weight excluding hydrogens is 521 g/mol. The maximum absolute atomic E-state index is 13.9. The number of nitrogens with one attached hydrogen (secondary N) is 1. The molecule has 3 aromatic carbocycles. The zero-order chi connectivity index (χ0) is 28.6. The first-order valence-corrected chi connectivity index (χ1v) is 14.1. The summed E-state index contributed by atoms with van der Waals surface area (Å²) in [6.07, 6.45) is 0.300. The number of likely N-dealkylation sites (N-methyl/N-ethyl adjacent to an activating group) is 1. The highest BCUT2D eigenvalue weighted by atomic mass is 32.2. The van der Waals surface area contributed by atoms with Crippen LogP contribution in [0.5, 0.6) is 5.75 Å².